The minimum atomic E-state index is -0.430. The van der Waals surface area contributed by atoms with Crippen LogP contribution in [0.4, 0.5) is 5.82 Å². The first kappa shape index (κ1) is 13.2. The molecule has 2 aromatic rings. The SMILES string of the molecule is O=C(Nc1cnc(Br)cn1)c1cc(Cl)ncc1Cl. The maximum Gasteiger partial charge on any atom is 0.258 e. The number of nitrogens with zero attached hydrogens (tertiary/aromatic N) is 3. The van der Waals surface area contributed by atoms with Gasteiger partial charge >= 0.3 is 0 Å². The predicted octanol–water partition coefficient (Wildman–Crippen LogP) is 3.19. The zero-order valence-corrected chi connectivity index (χ0v) is 11.8. The number of carbonyl (C=O) groups excluding carboxylic acids is 1. The second-order valence-electron chi connectivity index (χ2n) is 3.17. The largest absolute Gasteiger partial charge is 0.305 e. The Morgan fingerprint density at radius 2 is 1.94 bits per heavy atom. The van der Waals surface area contributed by atoms with Crippen molar-refractivity contribution in [2.45, 2.75) is 0 Å². The summed E-state index contributed by atoms with van der Waals surface area (Å²) < 4.78 is 0.575. The van der Waals surface area contributed by atoms with Crippen LogP contribution >= 0.6 is 39.1 Å². The van der Waals surface area contributed by atoms with Gasteiger partial charge in [0.25, 0.3) is 5.91 Å². The van der Waals surface area contributed by atoms with Gasteiger partial charge in [-0.1, -0.05) is 23.2 Å². The summed E-state index contributed by atoms with van der Waals surface area (Å²) >= 11 is 14.7. The highest BCUT2D eigenvalue weighted by molar-refractivity contribution is 9.10. The van der Waals surface area contributed by atoms with E-state index in [0.717, 1.165) is 0 Å². The van der Waals surface area contributed by atoms with E-state index in [4.69, 9.17) is 23.2 Å². The first-order valence-electron chi connectivity index (χ1n) is 4.66. The molecule has 0 spiro atoms. The number of hydrogen-bond acceptors (Lipinski definition) is 4. The second kappa shape index (κ2) is 5.60. The summed E-state index contributed by atoms with van der Waals surface area (Å²) in [5.41, 5.74) is 0.224. The Hall–Kier alpha value is -1.24. The van der Waals surface area contributed by atoms with E-state index in [9.17, 15) is 4.79 Å². The van der Waals surface area contributed by atoms with Gasteiger partial charge in [0.1, 0.15) is 9.76 Å². The topological polar surface area (TPSA) is 67.8 Å². The molecule has 0 bridgehead atoms. The molecule has 0 aliphatic carbocycles. The van der Waals surface area contributed by atoms with Crippen molar-refractivity contribution in [3.63, 3.8) is 0 Å². The summed E-state index contributed by atoms with van der Waals surface area (Å²) in [6.45, 7) is 0. The Balaban J connectivity index is 2.21. The van der Waals surface area contributed by atoms with Gasteiger partial charge in [-0.2, -0.15) is 0 Å². The van der Waals surface area contributed by atoms with E-state index in [1.807, 2.05) is 0 Å². The molecule has 0 aromatic carbocycles. The van der Waals surface area contributed by atoms with Crippen molar-refractivity contribution in [1.82, 2.24) is 15.0 Å². The maximum absolute atomic E-state index is 11.9. The number of carbonyl (C=O) groups is 1. The van der Waals surface area contributed by atoms with Crippen LogP contribution in [0.1, 0.15) is 10.4 Å². The van der Waals surface area contributed by atoms with Crippen LogP contribution in [0.25, 0.3) is 0 Å². The molecule has 2 aromatic heterocycles. The number of amides is 1. The van der Waals surface area contributed by atoms with Crippen molar-refractivity contribution >= 4 is 50.9 Å². The standard InChI is InChI=1S/C10H5BrCl2N4O/c11-7-3-16-9(4-14-7)17-10(18)5-1-8(13)15-2-6(5)12/h1-4H,(H,16,17,18). The Morgan fingerprint density at radius 1 is 1.17 bits per heavy atom. The lowest BCUT2D eigenvalue weighted by Gasteiger charge is -2.05. The monoisotopic (exact) mass is 346 g/mol. The summed E-state index contributed by atoms with van der Waals surface area (Å²) in [4.78, 5) is 23.6. The van der Waals surface area contributed by atoms with Crippen LogP contribution in [0.5, 0.6) is 0 Å². The fourth-order valence-corrected chi connectivity index (χ4v) is 1.70. The van der Waals surface area contributed by atoms with Crippen LogP contribution in [-0.2, 0) is 0 Å². The summed E-state index contributed by atoms with van der Waals surface area (Å²) in [6.07, 6.45) is 4.20. The summed E-state index contributed by atoms with van der Waals surface area (Å²) in [7, 11) is 0. The fourth-order valence-electron chi connectivity index (χ4n) is 1.15. The molecule has 0 radical (unpaired) electrons. The minimum absolute atomic E-state index is 0.187. The smallest absolute Gasteiger partial charge is 0.258 e. The summed E-state index contributed by atoms with van der Waals surface area (Å²) in [5, 5.41) is 2.95. The molecular weight excluding hydrogens is 343 g/mol. The van der Waals surface area contributed by atoms with E-state index in [1.165, 1.54) is 24.7 Å². The van der Waals surface area contributed by atoms with Crippen LogP contribution in [0.3, 0.4) is 0 Å². The molecule has 18 heavy (non-hydrogen) atoms. The van der Waals surface area contributed by atoms with E-state index in [-0.39, 0.29) is 15.7 Å². The molecule has 1 N–H and O–H groups in total. The van der Waals surface area contributed by atoms with Gasteiger partial charge in [0.05, 0.1) is 23.0 Å². The lowest BCUT2D eigenvalue weighted by molar-refractivity contribution is 0.102. The first-order chi connectivity index (χ1) is 8.56. The second-order valence-corrected chi connectivity index (χ2v) is 4.77. The van der Waals surface area contributed by atoms with Gasteiger partial charge in [-0.25, -0.2) is 15.0 Å². The Morgan fingerprint density at radius 3 is 2.61 bits per heavy atom. The predicted molar refractivity (Wildman–Crippen MR) is 71.9 cm³/mol. The summed E-state index contributed by atoms with van der Waals surface area (Å²) in [6, 6.07) is 1.38. The maximum atomic E-state index is 11.9. The molecule has 0 atom stereocenters. The van der Waals surface area contributed by atoms with Gasteiger partial charge in [0.2, 0.25) is 0 Å². The van der Waals surface area contributed by atoms with Crippen molar-refractivity contribution in [2.24, 2.45) is 0 Å². The van der Waals surface area contributed by atoms with Crippen LogP contribution in [0.2, 0.25) is 10.2 Å². The molecule has 0 fully saturated rings. The van der Waals surface area contributed by atoms with Crippen LogP contribution < -0.4 is 5.32 Å². The number of hydrogen-bond donors (Lipinski definition) is 1. The van der Waals surface area contributed by atoms with Gasteiger partial charge < -0.3 is 5.32 Å². The minimum Gasteiger partial charge on any atom is -0.305 e. The third-order valence-corrected chi connectivity index (χ3v) is 2.85. The van der Waals surface area contributed by atoms with Crippen molar-refractivity contribution in [2.75, 3.05) is 5.32 Å². The molecule has 8 heteroatoms. The number of halogens is 3. The molecule has 0 saturated heterocycles. The molecule has 2 heterocycles. The Kier molecular flexibility index (Phi) is 4.11. The van der Waals surface area contributed by atoms with Crippen molar-refractivity contribution in [3.8, 4) is 0 Å². The normalized spacial score (nSPS) is 10.2. The van der Waals surface area contributed by atoms with Crippen LogP contribution in [-0.4, -0.2) is 20.9 Å². The molecule has 0 unspecified atom stereocenters. The summed E-state index contributed by atoms with van der Waals surface area (Å²) in [5.74, 6) is -0.117. The Labute approximate surface area is 121 Å². The van der Waals surface area contributed by atoms with Gasteiger partial charge in [-0.3, -0.25) is 4.79 Å². The van der Waals surface area contributed by atoms with E-state index in [1.54, 1.807) is 0 Å². The van der Waals surface area contributed by atoms with Gasteiger partial charge in [-0.15, -0.1) is 0 Å². The molecule has 92 valence electrons. The highest BCUT2D eigenvalue weighted by Crippen LogP contribution is 2.19. The molecule has 5 nitrogen and oxygen atoms in total. The van der Waals surface area contributed by atoms with Gasteiger partial charge in [0, 0.05) is 6.20 Å². The zero-order chi connectivity index (χ0) is 13.1. The molecule has 0 aliphatic rings. The number of anilines is 1. The quantitative estimate of drug-likeness (QED) is 0.847. The van der Waals surface area contributed by atoms with Crippen LogP contribution in [0, 0.1) is 0 Å². The van der Waals surface area contributed by atoms with Crippen molar-refractivity contribution < 1.29 is 4.79 Å². The molecule has 1 amide bonds. The average molecular weight is 348 g/mol. The highest BCUT2D eigenvalue weighted by atomic mass is 79.9. The van der Waals surface area contributed by atoms with Gasteiger partial charge in [0.15, 0.2) is 5.82 Å². The zero-order valence-electron chi connectivity index (χ0n) is 8.69. The van der Waals surface area contributed by atoms with E-state index in [2.05, 4.69) is 36.2 Å². The van der Waals surface area contributed by atoms with Crippen LogP contribution in [0.15, 0.2) is 29.3 Å². The van der Waals surface area contributed by atoms with Crippen molar-refractivity contribution in [1.29, 1.82) is 0 Å². The third-order valence-electron chi connectivity index (χ3n) is 1.93. The fraction of sp³-hybridized carbons (Fsp3) is 0. The molecular formula is C10H5BrCl2N4O. The molecule has 0 aliphatic heterocycles. The number of pyridine rings is 1. The van der Waals surface area contributed by atoms with Gasteiger partial charge in [-0.05, 0) is 22.0 Å². The third kappa shape index (κ3) is 3.16. The number of aromatic nitrogens is 3. The number of nitrogens with one attached hydrogen (secondary N) is 1. The molecule has 0 saturated carbocycles. The Bertz CT molecular complexity index is 591. The van der Waals surface area contributed by atoms with E-state index >= 15 is 0 Å². The lowest BCUT2D eigenvalue weighted by atomic mass is 10.2. The lowest BCUT2D eigenvalue weighted by Crippen LogP contribution is -2.14. The first-order valence-corrected chi connectivity index (χ1v) is 6.21. The van der Waals surface area contributed by atoms with Crippen molar-refractivity contribution in [3.05, 3.63) is 45.0 Å². The van der Waals surface area contributed by atoms with E-state index in [0.29, 0.717) is 10.4 Å². The highest BCUT2D eigenvalue weighted by Gasteiger charge is 2.12. The average Bonchev–Trinajstić information content (AvgIpc) is 2.35. The number of rotatable bonds is 2. The van der Waals surface area contributed by atoms with E-state index < -0.39 is 5.91 Å². The molecule has 2 rings (SSSR count).